The fraction of sp³-hybridized carbons (Fsp3) is 0.476. The zero-order chi connectivity index (χ0) is 21.4. The van der Waals surface area contributed by atoms with Crippen molar-refractivity contribution in [3.8, 4) is 11.5 Å². The van der Waals surface area contributed by atoms with Crippen LogP contribution < -0.4 is 20.1 Å². The van der Waals surface area contributed by atoms with Gasteiger partial charge >= 0.3 is 0 Å². The highest BCUT2D eigenvalue weighted by Crippen LogP contribution is 2.28. The molecule has 1 aromatic heterocycles. The monoisotopic (exact) mass is 419 g/mol. The normalized spacial score (nSPS) is 10.7. The third-order valence-electron chi connectivity index (χ3n) is 4.04. The van der Waals surface area contributed by atoms with E-state index in [2.05, 4.69) is 29.5 Å². The highest BCUT2D eigenvalue weighted by atomic mass is 32.1. The quantitative estimate of drug-likeness (QED) is 0.618. The SMILES string of the molecule is CCNC(=O)COc1ccc(CNC(=O)c2sc(CC(C)C)nc2C)cc1OC. The molecule has 29 heavy (non-hydrogen) atoms. The van der Waals surface area contributed by atoms with Gasteiger partial charge in [0.2, 0.25) is 0 Å². The Hall–Kier alpha value is -2.61. The Morgan fingerprint density at radius 3 is 2.62 bits per heavy atom. The zero-order valence-corrected chi connectivity index (χ0v) is 18.4. The molecule has 2 N–H and O–H groups in total. The van der Waals surface area contributed by atoms with Crippen LogP contribution in [0.15, 0.2) is 18.2 Å². The van der Waals surface area contributed by atoms with E-state index in [4.69, 9.17) is 9.47 Å². The Balaban J connectivity index is 1.99. The third kappa shape index (κ3) is 6.74. The van der Waals surface area contributed by atoms with Crippen LogP contribution in [0.25, 0.3) is 0 Å². The maximum Gasteiger partial charge on any atom is 0.263 e. The van der Waals surface area contributed by atoms with Gasteiger partial charge in [-0.15, -0.1) is 11.3 Å². The summed E-state index contributed by atoms with van der Waals surface area (Å²) in [5.41, 5.74) is 1.62. The van der Waals surface area contributed by atoms with E-state index in [9.17, 15) is 9.59 Å². The molecule has 0 saturated carbocycles. The summed E-state index contributed by atoms with van der Waals surface area (Å²) >= 11 is 1.45. The Morgan fingerprint density at radius 1 is 1.21 bits per heavy atom. The van der Waals surface area contributed by atoms with Gasteiger partial charge in [-0.1, -0.05) is 19.9 Å². The van der Waals surface area contributed by atoms with Crippen molar-refractivity contribution in [3.63, 3.8) is 0 Å². The van der Waals surface area contributed by atoms with Gasteiger partial charge in [-0.3, -0.25) is 9.59 Å². The topological polar surface area (TPSA) is 89.6 Å². The van der Waals surface area contributed by atoms with Crippen molar-refractivity contribution in [3.05, 3.63) is 39.3 Å². The number of carbonyl (C=O) groups excluding carboxylic acids is 2. The van der Waals surface area contributed by atoms with Crippen LogP contribution in [-0.4, -0.2) is 37.1 Å². The lowest BCUT2D eigenvalue weighted by molar-refractivity contribution is -0.123. The van der Waals surface area contributed by atoms with Gasteiger partial charge in [0.05, 0.1) is 17.8 Å². The number of carbonyl (C=O) groups is 2. The van der Waals surface area contributed by atoms with Crippen LogP contribution >= 0.6 is 11.3 Å². The average Bonchev–Trinajstić information content (AvgIpc) is 3.04. The van der Waals surface area contributed by atoms with E-state index in [1.165, 1.54) is 18.4 Å². The summed E-state index contributed by atoms with van der Waals surface area (Å²) in [7, 11) is 1.54. The van der Waals surface area contributed by atoms with Crippen LogP contribution in [0.1, 0.15) is 46.7 Å². The number of aryl methyl sites for hydroxylation is 1. The molecule has 1 aromatic carbocycles. The number of hydrogen-bond acceptors (Lipinski definition) is 6. The molecule has 0 aliphatic heterocycles. The fourth-order valence-corrected chi connectivity index (χ4v) is 3.89. The first-order chi connectivity index (χ1) is 13.8. The first-order valence-electron chi connectivity index (χ1n) is 9.64. The number of nitrogens with one attached hydrogen (secondary N) is 2. The molecule has 0 spiro atoms. The van der Waals surface area contributed by atoms with Crippen molar-refractivity contribution in [1.29, 1.82) is 0 Å². The van der Waals surface area contributed by atoms with Crippen molar-refractivity contribution in [2.75, 3.05) is 20.3 Å². The van der Waals surface area contributed by atoms with Gasteiger partial charge in [0.15, 0.2) is 18.1 Å². The summed E-state index contributed by atoms with van der Waals surface area (Å²) in [5, 5.41) is 6.59. The molecule has 2 rings (SSSR count). The van der Waals surface area contributed by atoms with E-state index < -0.39 is 0 Å². The highest BCUT2D eigenvalue weighted by Gasteiger charge is 2.16. The summed E-state index contributed by atoms with van der Waals surface area (Å²) in [6, 6.07) is 5.36. The van der Waals surface area contributed by atoms with Gasteiger partial charge < -0.3 is 20.1 Å². The maximum absolute atomic E-state index is 12.6. The highest BCUT2D eigenvalue weighted by molar-refractivity contribution is 7.13. The predicted octanol–water partition coefficient (Wildman–Crippen LogP) is 3.10. The Morgan fingerprint density at radius 2 is 1.97 bits per heavy atom. The molecule has 8 heteroatoms. The molecule has 158 valence electrons. The minimum atomic E-state index is -0.192. The molecular weight excluding hydrogens is 390 g/mol. The van der Waals surface area contributed by atoms with Crippen LogP contribution in [0.3, 0.4) is 0 Å². The third-order valence-corrected chi connectivity index (χ3v) is 5.22. The van der Waals surface area contributed by atoms with E-state index in [0.29, 0.717) is 35.4 Å². The molecule has 2 aromatic rings. The first-order valence-corrected chi connectivity index (χ1v) is 10.5. The van der Waals surface area contributed by atoms with Gasteiger partial charge in [-0.05, 0) is 37.5 Å². The molecule has 0 atom stereocenters. The van der Waals surface area contributed by atoms with Crippen LogP contribution in [0, 0.1) is 12.8 Å². The van der Waals surface area contributed by atoms with Gasteiger partial charge in [0, 0.05) is 19.5 Å². The second-order valence-electron chi connectivity index (χ2n) is 7.03. The van der Waals surface area contributed by atoms with Crippen molar-refractivity contribution < 1.29 is 19.1 Å². The number of likely N-dealkylation sites (N-methyl/N-ethyl adjacent to an activating group) is 1. The second-order valence-corrected chi connectivity index (χ2v) is 8.11. The number of hydrogen-bond donors (Lipinski definition) is 2. The average molecular weight is 420 g/mol. The number of nitrogens with zero attached hydrogens (tertiary/aromatic N) is 1. The lowest BCUT2D eigenvalue weighted by atomic mass is 10.1. The van der Waals surface area contributed by atoms with Gasteiger partial charge in [0.25, 0.3) is 11.8 Å². The second kappa shape index (κ2) is 10.8. The Labute approximate surface area is 175 Å². The number of methoxy groups -OCH3 is 1. The van der Waals surface area contributed by atoms with E-state index in [1.807, 2.05) is 19.9 Å². The van der Waals surface area contributed by atoms with E-state index >= 15 is 0 Å². The van der Waals surface area contributed by atoms with Crippen LogP contribution in [0.4, 0.5) is 0 Å². The molecule has 0 bridgehead atoms. The van der Waals surface area contributed by atoms with Crippen LogP contribution in [0.2, 0.25) is 0 Å². The minimum absolute atomic E-state index is 0.0797. The summed E-state index contributed by atoms with van der Waals surface area (Å²) in [4.78, 5) is 29.3. The van der Waals surface area contributed by atoms with E-state index in [1.54, 1.807) is 12.1 Å². The van der Waals surface area contributed by atoms with Gasteiger partial charge in [0.1, 0.15) is 4.88 Å². The van der Waals surface area contributed by atoms with Crippen molar-refractivity contribution >= 4 is 23.2 Å². The van der Waals surface area contributed by atoms with Gasteiger partial charge in [-0.25, -0.2) is 4.98 Å². The standard InChI is InChI=1S/C21H29N3O4S/c1-6-22-18(25)12-28-16-8-7-15(10-17(16)27-5)11-23-21(26)20-14(4)24-19(29-20)9-13(2)3/h7-8,10,13H,6,9,11-12H2,1-5H3,(H,22,25)(H,23,26). The zero-order valence-electron chi connectivity index (χ0n) is 17.6. The fourth-order valence-electron chi connectivity index (χ4n) is 2.69. The molecule has 0 unspecified atom stereocenters. The number of rotatable bonds is 10. The van der Waals surface area contributed by atoms with E-state index in [0.717, 1.165) is 22.7 Å². The molecular formula is C21H29N3O4S. The Kier molecular flexibility index (Phi) is 8.45. The number of benzene rings is 1. The van der Waals surface area contributed by atoms with Crippen LogP contribution in [-0.2, 0) is 17.8 Å². The van der Waals surface area contributed by atoms with Crippen molar-refractivity contribution in [1.82, 2.24) is 15.6 Å². The summed E-state index contributed by atoms with van der Waals surface area (Å²) in [5.74, 6) is 1.16. The van der Waals surface area contributed by atoms with E-state index in [-0.39, 0.29) is 18.4 Å². The minimum Gasteiger partial charge on any atom is -0.493 e. The van der Waals surface area contributed by atoms with Gasteiger partial charge in [-0.2, -0.15) is 0 Å². The van der Waals surface area contributed by atoms with Crippen molar-refractivity contribution in [2.24, 2.45) is 5.92 Å². The smallest absolute Gasteiger partial charge is 0.263 e. The lowest BCUT2D eigenvalue weighted by Crippen LogP contribution is -2.28. The molecule has 7 nitrogen and oxygen atoms in total. The maximum atomic E-state index is 12.6. The Bertz CT molecular complexity index is 848. The first kappa shape index (κ1) is 22.7. The lowest BCUT2D eigenvalue weighted by Gasteiger charge is -2.12. The molecule has 2 amide bonds. The number of thiazole rings is 1. The number of ether oxygens (including phenoxy) is 2. The van der Waals surface area contributed by atoms with Crippen LogP contribution in [0.5, 0.6) is 11.5 Å². The molecule has 0 radical (unpaired) electrons. The summed E-state index contributed by atoms with van der Waals surface area (Å²) in [6.07, 6.45) is 0.869. The molecule has 0 fully saturated rings. The molecule has 0 aliphatic carbocycles. The number of amides is 2. The summed E-state index contributed by atoms with van der Waals surface area (Å²) in [6.45, 7) is 8.79. The predicted molar refractivity (Wildman–Crippen MR) is 114 cm³/mol. The number of aromatic nitrogens is 1. The molecule has 1 heterocycles. The molecule has 0 saturated heterocycles. The largest absolute Gasteiger partial charge is 0.493 e. The molecule has 0 aliphatic rings. The van der Waals surface area contributed by atoms with Crippen molar-refractivity contribution in [2.45, 2.75) is 40.7 Å². The summed E-state index contributed by atoms with van der Waals surface area (Å²) < 4.78 is 10.9.